The van der Waals surface area contributed by atoms with Crippen molar-refractivity contribution in [2.45, 2.75) is 26.3 Å². The Balaban J connectivity index is 1.75. The van der Waals surface area contributed by atoms with E-state index in [1.165, 1.54) is 12.3 Å². The smallest absolute Gasteiger partial charge is 0.269 e. The predicted molar refractivity (Wildman–Crippen MR) is 131 cm³/mol. The summed E-state index contributed by atoms with van der Waals surface area (Å²) in [6, 6.07) is 10.9. The molecule has 3 N–H and O–H groups in total. The molecule has 0 bridgehead atoms. The number of aromatic nitrogens is 2. The lowest BCUT2D eigenvalue weighted by molar-refractivity contribution is 0.0956. The van der Waals surface area contributed by atoms with E-state index in [1.807, 2.05) is 61.4 Å². The summed E-state index contributed by atoms with van der Waals surface area (Å²) in [4.78, 5) is 19.1. The second kappa shape index (κ2) is 9.46. The maximum absolute atomic E-state index is 12.6. The lowest BCUT2D eigenvalue weighted by Gasteiger charge is -2.27. The quantitative estimate of drug-likeness (QED) is 0.520. The van der Waals surface area contributed by atoms with Crippen LogP contribution in [0.4, 0.5) is 0 Å². The summed E-state index contributed by atoms with van der Waals surface area (Å²) in [5.41, 5.74) is 3.28. The van der Waals surface area contributed by atoms with Gasteiger partial charge in [-0.3, -0.25) is 14.4 Å². The minimum atomic E-state index is -0.294. The molecule has 9 heteroatoms. The molecule has 0 atom stereocenters. The summed E-state index contributed by atoms with van der Waals surface area (Å²) < 4.78 is 1.72. The normalized spacial score (nSPS) is 13.6. The zero-order valence-corrected chi connectivity index (χ0v) is 19.9. The highest BCUT2D eigenvalue weighted by atomic mass is 16.3. The van der Waals surface area contributed by atoms with Crippen molar-refractivity contribution in [1.82, 2.24) is 24.8 Å². The van der Waals surface area contributed by atoms with Gasteiger partial charge in [0, 0.05) is 32.4 Å². The number of hydrogen-bond donors (Lipinski definition) is 3. The molecule has 0 unspecified atom stereocenters. The van der Waals surface area contributed by atoms with Crippen molar-refractivity contribution in [3.63, 3.8) is 0 Å². The minimum Gasteiger partial charge on any atom is -0.508 e. The highest BCUT2D eigenvalue weighted by molar-refractivity contribution is 5.94. The Labute approximate surface area is 199 Å². The Kier molecular flexibility index (Phi) is 6.45. The van der Waals surface area contributed by atoms with Crippen LogP contribution in [0.5, 0.6) is 11.5 Å². The number of nitrogens with one attached hydrogen (secondary N) is 1. The van der Waals surface area contributed by atoms with Crippen LogP contribution in [0.1, 0.15) is 41.4 Å². The third-order valence-electron chi connectivity index (χ3n) is 5.91. The van der Waals surface area contributed by atoms with Gasteiger partial charge in [0.05, 0.1) is 24.8 Å². The van der Waals surface area contributed by atoms with Crippen LogP contribution >= 0.6 is 0 Å². The number of carbonyl (C=O) groups is 1. The largest absolute Gasteiger partial charge is 0.508 e. The number of phenolic OH excluding ortho intramolecular Hbond substituents is 2. The first-order valence-electron chi connectivity index (χ1n) is 11.2. The second-order valence-corrected chi connectivity index (χ2v) is 8.73. The molecule has 178 valence electrons. The molecule has 34 heavy (non-hydrogen) atoms. The molecule has 2 aromatic carbocycles. The van der Waals surface area contributed by atoms with E-state index in [0.29, 0.717) is 29.2 Å². The summed E-state index contributed by atoms with van der Waals surface area (Å²) in [5, 5.41) is 30.0. The molecule has 0 spiro atoms. The maximum atomic E-state index is 12.6. The van der Waals surface area contributed by atoms with Crippen LogP contribution in [0.15, 0.2) is 47.7 Å². The molecule has 4 rings (SSSR count). The van der Waals surface area contributed by atoms with Crippen LogP contribution in [-0.2, 0) is 6.54 Å². The first-order chi connectivity index (χ1) is 16.3. The van der Waals surface area contributed by atoms with E-state index in [9.17, 15) is 15.0 Å². The third-order valence-corrected chi connectivity index (χ3v) is 5.91. The zero-order chi connectivity index (χ0) is 24.4. The summed E-state index contributed by atoms with van der Waals surface area (Å²) in [7, 11) is 3.56. The average molecular weight is 463 g/mol. The molecule has 0 saturated carbocycles. The highest BCUT2D eigenvalue weighted by Crippen LogP contribution is 2.38. The Morgan fingerprint density at radius 1 is 1.12 bits per heavy atom. The molecule has 0 saturated heterocycles. The number of imidazole rings is 1. The fraction of sp³-hybridized carbons (Fsp3) is 0.320. The van der Waals surface area contributed by atoms with Crippen molar-refractivity contribution < 1.29 is 15.0 Å². The molecular formula is C25H30N6O3. The fourth-order valence-corrected chi connectivity index (χ4v) is 3.96. The topological polar surface area (TPSA) is 106 Å². The van der Waals surface area contributed by atoms with E-state index in [4.69, 9.17) is 0 Å². The van der Waals surface area contributed by atoms with Crippen LogP contribution in [0.2, 0.25) is 0 Å². The molecule has 0 aliphatic carbocycles. The Morgan fingerprint density at radius 2 is 1.85 bits per heavy atom. The number of benzene rings is 2. The van der Waals surface area contributed by atoms with E-state index in [-0.39, 0.29) is 23.3 Å². The molecule has 0 radical (unpaired) electrons. The number of rotatable bonds is 6. The van der Waals surface area contributed by atoms with Gasteiger partial charge >= 0.3 is 0 Å². The zero-order valence-electron chi connectivity index (χ0n) is 19.9. The number of hydrogen-bond acceptors (Lipinski definition) is 7. The van der Waals surface area contributed by atoms with Crippen molar-refractivity contribution in [3.05, 3.63) is 59.4 Å². The Hall–Kier alpha value is -4.01. The van der Waals surface area contributed by atoms with Crippen LogP contribution < -0.4 is 5.32 Å². The fourth-order valence-electron chi connectivity index (χ4n) is 3.96. The minimum absolute atomic E-state index is 0.0248. The molecule has 3 aromatic rings. The van der Waals surface area contributed by atoms with E-state index in [1.54, 1.807) is 17.7 Å². The Morgan fingerprint density at radius 3 is 2.47 bits per heavy atom. The molecular weight excluding hydrogens is 432 g/mol. The van der Waals surface area contributed by atoms with E-state index in [0.717, 1.165) is 24.3 Å². The van der Waals surface area contributed by atoms with Crippen molar-refractivity contribution in [2.24, 2.45) is 5.10 Å². The van der Waals surface area contributed by atoms with Crippen LogP contribution in [-0.4, -0.2) is 69.1 Å². The number of hydrazone groups is 1. The van der Waals surface area contributed by atoms with Gasteiger partial charge in [-0.2, -0.15) is 5.10 Å². The first kappa shape index (κ1) is 23.2. The van der Waals surface area contributed by atoms with Crippen LogP contribution in [0.3, 0.4) is 0 Å². The summed E-state index contributed by atoms with van der Waals surface area (Å²) >= 11 is 0. The first-order valence-corrected chi connectivity index (χ1v) is 11.2. The lowest BCUT2D eigenvalue weighted by Crippen LogP contribution is -2.35. The average Bonchev–Trinajstić information content (AvgIpc) is 3.25. The number of nitrogens with zero attached hydrogens (tertiary/aromatic N) is 5. The summed E-state index contributed by atoms with van der Waals surface area (Å²) in [5.74, 6) is 0.0719. The number of phenols is 2. The van der Waals surface area contributed by atoms with Crippen LogP contribution in [0.25, 0.3) is 17.1 Å². The number of likely N-dealkylation sites (N-methyl/N-ethyl adjacent to an activating group) is 1. The monoisotopic (exact) mass is 462 g/mol. The molecule has 9 nitrogen and oxygen atoms in total. The third kappa shape index (κ3) is 4.54. The number of aromatic hydroxyl groups is 2. The summed E-state index contributed by atoms with van der Waals surface area (Å²) in [6.07, 6.45) is 3.31. The van der Waals surface area contributed by atoms with Crippen molar-refractivity contribution in [1.29, 1.82) is 0 Å². The van der Waals surface area contributed by atoms with Gasteiger partial charge in [-0.15, -0.1) is 0 Å². The highest BCUT2D eigenvalue weighted by Gasteiger charge is 2.22. The van der Waals surface area contributed by atoms with E-state index < -0.39 is 0 Å². The van der Waals surface area contributed by atoms with Gasteiger partial charge in [0.25, 0.3) is 5.91 Å². The molecule has 1 aliphatic rings. The number of amides is 1. The SMILES string of the molecule is CNC(=O)c1cnc(-c2cc(C(C)C)c(O)cc2O)n1-c1ccc(CN2CCN(C)C=N2)cc1. The molecule has 1 aliphatic heterocycles. The van der Waals surface area contributed by atoms with Gasteiger partial charge in [-0.05, 0) is 35.2 Å². The number of carbonyl (C=O) groups excluding carboxylic acids is 1. The van der Waals surface area contributed by atoms with Gasteiger partial charge in [-0.1, -0.05) is 26.0 Å². The Bertz CT molecular complexity index is 1220. The summed E-state index contributed by atoms with van der Waals surface area (Å²) in [6.45, 7) is 6.37. The van der Waals surface area contributed by atoms with Crippen molar-refractivity contribution in [3.8, 4) is 28.6 Å². The maximum Gasteiger partial charge on any atom is 0.269 e. The van der Waals surface area contributed by atoms with Gasteiger partial charge in [0.1, 0.15) is 29.4 Å². The molecule has 1 aromatic heterocycles. The van der Waals surface area contributed by atoms with Crippen molar-refractivity contribution in [2.75, 3.05) is 27.2 Å². The van der Waals surface area contributed by atoms with Gasteiger partial charge < -0.3 is 20.4 Å². The predicted octanol–water partition coefficient (Wildman–Crippen LogP) is 3.12. The van der Waals surface area contributed by atoms with Crippen molar-refractivity contribution >= 4 is 12.2 Å². The molecule has 0 fully saturated rings. The van der Waals surface area contributed by atoms with E-state index in [2.05, 4.69) is 15.4 Å². The molecule has 1 amide bonds. The van der Waals surface area contributed by atoms with Gasteiger partial charge in [0.15, 0.2) is 0 Å². The lowest BCUT2D eigenvalue weighted by atomic mass is 9.98. The molecule has 2 heterocycles. The van der Waals surface area contributed by atoms with Crippen LogP contribution in [0, 0.1) is 0 Å². The van der Waals surface area contributed by atoms with Gasteiger partial charge in [0.2, 0.25) is 0 Å². The second-order valence-electron chi connectivity index (χ2n) is 8.73. The van der Waals surface area contributed by atoms with Gasteiger partial charge in [-0.25, -0.2) is 4.98 Å². The standard InChI is InChI=1S/C25H30N6O3/c1-16(2)19-11-20(23(33)12-22(19)32)24-27-13-21(25(34)26-3)31(24)18-7-5-17(6-8-18)14-30-10-9-29(4)15-28-30/h5-8,11-13,15-16,32-33H,9-10,14H2,1-4H3,(H,26,34). The van der Waals surface area contributed by atoms with E-state index >= 15 is 0 Å².